The highest BCUT2D eigenvalue weighted by Crippen LogP contribution is 2.46. The minimum Gasteiger partial charge on any atom is -0.493 e. The van der Waals surface area contributed by atoms with E-state index in [1.807, 2.05) is 0 Å². The van der Waals surface area contributed by atoms with Crippen LogP contribution in [0.25, 0.3) is 0 Å². The molecule has 0 bridgehead atoms. The molecule has 2 aliphatic heterocycles. The lowest BCUT2D eigenvalue weighted by atomic mass is 9.82. The first-order valence-corrected chi connectivity index (χ1v) is 8.42. The van der Waals surface area contributed by atoms with Crippen molar-refractivity contribution in [2.24, 2.45) is 0 Å². The van der Waals surface area contributed by atoms with Gasteiger partial charge in [0.15, 0.2) is 18.1 Å². The Bertz CT molecular complexity index is 840. The SMILES string of the molecule is COC(=O)COc1c(OC)cccc1[C@H]1CC(=O)NC2=C1C(=O)OC2(C)C. The van der Waals surface area contributed by atoms with Gasteiger partial charge in [-0.25, -0.2) is 9.59 Å². The maximum Gasteiger partial charge on any atom is 0.343 e. The van der Waals surface area contributed by atoms with E-state index in [0.717, 1.165) is 0 Å². The van der Waals surface area contributed by atoms with E-state index in [9.17, 15) is 14.4 Å². The Labute approximate surface area is 156 Å². The first-order chi connectivity index (χ1) is 12.8. The van der Waals surface area contributed by atoms with Gasteiger partial charge in [-0.1, -0.05) is 12.1 Å². The first-order valence-electron chi connectivity index (χ1n) is 8.42. The van der Waals surface area contributed by atoms with Crippen LogP contribution in [0.1, 0.15) is 31.7 Å². The second-order valence-electron chi connectivity index (χ2n) is 6.74. The predicted octanol–water partition coefficient (Wildman–Crippen LogP) is 1.44. The van der Waals surface area contributed by atoms with Crippen LogP contribution in [0.5, 0.6) is 11.5 Å². The number of hydrogen-bond donors (Lipinski definition) is 1. The van der Waals surface area contributed by atoms with Crippen molar-refractivity contribution < 1.29 is 33.3 Å². The van der Waals surface area contributed by atoms with E-state index >= 15 is 0 Å². The van der Waals surface area contributed by atoms with Crippen molar-refractivity contribution in [2.45, 2.75) is 31.8 Å². The van der Waals surface area contributed by atoms with Crippen molar-refractivity contribution in [3.63, 3.8) is 0 Å². The van der Waals surface area contributed by atoms with Crippen LogP contribution in [0.15, 0.2) is 29.5 Å². The fourth-order valence-electron chi connectivity index (χ4n) is 3.35. The van der Waals surface area contributed by atoms with Crippen molar-refractivity contribution >= 4 is 17.8 Å². The minimum atomic E-state index is -0.924. The molecular formula is C19H21NO7. The zero-order valence-electron chi connectivity index (χ0n) is 15.6. The van der Waals surface area contributed by atoms with Crippen molar-refractivity contribution in [3.05, 3.63) is 35.0 Å². The molecule has 2 aliphatic rings. The Hall–Kier alpha value is -3.03. The lowest BCUT2D eigenvalue weighted by Crippen LogP contribution is -2.38. The molecule has 0 aromatic heterocycles. The van der Waals surface area contributed by atoms with Crippen LogP contribution >= 0.6 is 0 Å². The second-order valence-corrected chi connectivity index (χ2v) is 6.74. The van der Waals surface area contributed by atoms with E-state index < -0.39 is 23.5 Å². The summed E-state index contributed by atoms with van der Waals surface area (Å²) in [5.41, 5.74) is 0.480. The number of nitrogens with one attached hydrogen (secondary N) is 1. The van der Waals surface area contributed by atoms with Crippen LogP contribution < -0.4 is 14.8 Å². The van der Waals surface area contributed by atoms with E-state index in [1.54, 1.807) is 32.0 Å². The number of esters is 2. The Balaban J connectivity index is 2.09. The molecule has 0 radical (unpaired) electrons. The normalized spacial score (nSPS) is 20.5. The molecule has 27 heavy (non-hydrogen) atoms. The maximum atomic E-state index is 12.5. The topological polar surface area (TPSA) is 100 Å². The number of cyclic esters (lactones) is 1. The van der Waals surface area contributed by atoms with Gasteiger partial charge in [0.05, 0.1) is 25.5 Å². The van der Waals surface area contributed by atoms with Gasteiger partial charge in [0.1, 0.15) is 5.60 Å². The maximum absolute atomic E-state index is 12.5. The van der Waals surface area contributed by atoms with E-state index in [4.69, 9.17) is 14.2 Å². The number of para-hydroxylation sites is 1. The zero-order valence-corrected chi connectivity index (χ0v) is 15.6. The van der Waals surface area contributed by atoms with Gasteiger partial charge in [0, 0.05) is 17.9 Å². The van der Waals surface area contributed by atoms with Gasteiger partial charge in [0.2, 0.25) is 5.91 Å². The molecule has 0 saturated carbocycles. The molecule has 0 aliphatic carbocycles. The van der Waals surface area contributed by atoms with Gasteiger partial charge < -0.3 is 24.3 Å². The van der Waals surface area contributed by atoms with Gasteiger partial charge >= 0.3 is 11.9 Å². The Kier molecular flexibility index (Phi) is 4.82. The molecule has 0 spiro atoms. The third-order valence-corrected chi connectivity index (χ3v) is 4.61. The largest absolute Gasteiger partial charge is 0.493 e. The van der Waals surface area contributed by atoms with E-state index in [2.05, 4.69) is 10.1 Å². The van der Waals surface area contributed by atoms with Gasteiger partial charge in [-0.05, 0) is 19.9 Å². The summed E-state index contributed by atoms with van der Waals surface area (Å²) in [4.78, 5) is 36.3. The summed E-state index contributed by atoms with van der Waals surface area (Å²) in [6.07, 6.45) is 0.0474. The van der Waals surface area contributed by atoms with Crippen LogP contribution in [0.4, 0.5) is 0 Å². The quantitative estimate of drug-likeness (QED) is 0.777. The number of methoxy groups -OCH3 is 2. The molecule has 2 heterocycles. The fraction of sp³-hybridized carbons (Fsp3) is 0.421. The summed E-state index contributed by atoms with van der Waals surface area (Å²) in [6.45, 7) is 3.11. The van der Waals surface area contributed by atoms with E-state index in [-0.39, 0.29) is 24.7 Å². The Morgan fingerprint density at radius 2 is 2.04 bits per heavy atom. The molecule has 0 saturated heterocycles. The predicted molar refractivity (Wildman–Crippen MR) is 93.2 cm³/mol. The van der Waals surface area contributed by atoms with Gasteiger partial charge in [-0.3, -0.25) is 4.79 Å². The Morgan fingerprint density at radius 1 is 1.30 bits per heavy atom. The molecule has 1 aromatic rings. The molecule has 1 aromatic carbocycles. The summed E-state index contributed by atoms with van der Waals surface area (Å²) >= 11 is 0. The van der Waals surface area contributed by atoms with Gasteiger partial charge in [-0.2, -0.15) is 0 Å². The van der Waals surface area contributed by atoms with E-state index in [1.165, 1.54) is 14.2 Å². The lowest BCUT2D eigenvalue weighted by Gasteiger charge is -2.28. The highest BCUT2D eigenvalue weighted by molar-refractivity contribution is 5.99. The molecule has 8 heteroatoms. The third kappa shape index (κ3) is 3.34. The number of carbonyl (C=O) groups excluding carboxylic acids is 3. The summed E-state index contributed by atoms with van der Waals surface area (Å²) in [6, 6.07) is 5.14. The van der Waals surface area contributed by atoms with Crippen LogP contribution in [0, 0.1) is 0 Å². The van der Waals surface area contributed by atoms with Crippen LogP contribution in [-0.4, -0.2) is 44.3 Å². The number of ether oxygens (including phenoxy) is 4. The van der Waals surface area contributed by atoms with Crippen LogP contribution in [0.2, 0.25) is 0 Å². The summed E-state index contributed by atoms with van der Waals surface area (Å²) in [5.74, 6) is -1.18. The molecule has 1 atom stereocenters. The number of amides is 1. The Morgan fingerprint density at radius 3 is 2.70 bits per heavy atom. The van der Waals surface area contributed by atoms with Crippen molar-refractivity contribution in [2.75, 3.05) is 20.8 Å². The lowest BCUT2D eigenvalue weighted by molar-refractivity contribution is -0.145. The smallest absolute Gasteiger partial charge is 0.343 e. The zero-order chi connectivity index (χ0) is 19.8. The molecule has 8 nitrogen and oxygen atoms in total. The fourth-order valence-corrected chi connectivity index (χ4v) is 3.35. The third-order valence-electron chi connectivity index (χ3n) is 4.61. The first kappa shape index (κ1) is 18.8. The monoisotopic (exact) mass is 375 g/mol. The molecule has 3 rings (SSSR count). The van der Waals surface area contributed by atoms with E-state index in [0.29, 0.717) is 22.6 Å². The standard InChI is InChI=1S/C19H21NO7/c1-19(2)17-15(18(23)27-19)11(8-13(21)20-17)10-6-5-7-12(24-3)16(10)26-9-14(22)25-4/h5-7,11H,8-9H2,1-4H3,(H,20,21)/t11-/m1/s1. The average Bonchev–Trinajstić information content (AvgIpc) is 2.87. The van der Waals surface area contributed by atoms with Crippen molar-refractivity contribution in [3.8, 4) is 11.5 Å². The number of benzene rings is 1. The molecular weight excluding hydrogens is 354 g/mol. The number of rotatable bonds is 5. The molecule has 0 unspecified atom stereocenters. The average molecular weight is 375 g/mol. The minimum absolute atomic E-state index is 0.0474. The van der Waals surface area contributed by atoms with Gasteiger partial charge in [0.25, 0.3) is 0 Å². The summed E-state index contributed by atoms with van der Waals surface area (Å²) in [7, 11) is 2.73. The molecule has 144 valence electrons. The molecule has 1 amide bonds. The molecule has 1 N–H and O–H groups in total. The second kappa shape index (κ2) is 6.94. The van der Waals surface area contributed by atoms with Crippen molar-refractivity contribution in [1.82, 2.24) is 5.32 Å². The highest BCUT2D eigenvalue weighted by Gasteiger charge is 2.48. The number of carbonyl (C=O) groups is 3. The molecule has 0 fully saturated rings. The highest BCUT2D eigenvalue weighted by atomic mass is 16.6. The van der Waals surface area contributed by atoms with Gasteiger partial charge in [-0.15, -0.1) is 0 Å². The summed E-state index contributed by atoms with van der Waals surface area (Å²) in [5, 5.41) is 2.75. The number of hydrogen-bond acceptors (Lipinski definition) is 7. The van der Waals surface area contributed by atoms with Crippen LogP contribution in [0.3, 0.4) is 0 Å². The van der Waals surface area contributed by atoms with Crippen LogP contribution in [-0.2, 0) is 23.9 Å². The van der Waals surface area contributed by atoms with Crippen molar-refractivity contribution in [1.29, 1.82) is 0 Å². The summed E-state index contributed by atoms with van der Waals surface area (Å²) < 4.78 is 21.0.